The van der Waals surface area contributed by atoms with Gasteiger partial charge in [0.2, 0.25) is 0 Å². The van der Waals surface area contributed by atoms with Gasteiger partial charge in [-0.15, -0.1) is 0 Å². The number of carbonyl (C=O) groups is 1. The molecule has 0 fully saturated rings. The summed E-state index contributed by atoms with van der Waals surface area (Å²) in [5.74, 6) is 0.268. The Kier molecular flexibility index (Phi) is 8.21. The molecule has 0 amide bonds. The number of hydrogen-bond donors (Lipinski definition) is 1. The molecule has 0 saturated carbocycles. The van der Waals surface area contributed by atoms with E-state index in [0.717, 1.165) is 11.4 Å². The van der Waals surface area contributed by atoms with Crippen molar-refractivity contribution in [3.8, 4) is 22.6 Å². The van der Waals surface area contributed by atoms with Gasteiger partial charge in [0, 0.05) is 28.6 Å². The minimum absolute atomic E-state index is 0.102. The van der Waals surface area contributed by atoms with Crippen molar-refractivity contribution in [3.05, 3.63) is 154 Å². The maximum Gasteiger partial charge on any atom is 0.416 e. The first-order valence-corrected chi connectivity index (χ1v) is 18.1. The average Bonchev–Trinajstić information content (AvgIpc) is 3.41. The van der Waals surface area contributed by atoms with Crippen molar-refractivity contribution in [2.45, 2.75) is 70.3 Å². The number of esters is 1. The van der Waals surface area contributed by atoms with Gasteiger partial charge in [0.1, 0.15) is 11.5 Å². The molecular formula is C46H37F6NO3. The van der Waals surface area contributed by atoms with Crippen LogP contribution in [0.5, 0.6) is 11.5 Å². The number of anilines is 2. The summed E-state index contributed by atoms with van der Waals surface area (Å²) in [6.45, 7) is 13.0. The van der Waals surface area contributed by atoms with Crippen LogP contribution in [0, 0.1) is 0 Å². The molecule has 1 N–H and O–H groups in total. The van der Waals surface area contributed by atoms with Crippen LogP contribution in [0.15, 0.2) is 109 Å². The van der Waals surface area contributed by atoms with E-state index in [1.165, 1.54) is 23.3 Å². The molecule has 2 heterocycles. The fourth-order valence-electron chi connectivity index (χ4n) is 7.62. The minimum atomic E-state index is -5.00. The summed E-state index contributed by atoms with van der Waals surface area (Å²) in [6.07, 6.45) is -9.99. The summed E-state index contributed by atoms with van der Waals surface area (Å²) in [6, 6.07) is 28.6. The molecule has 2 aliphatic heterocycles. The van der Waals surface area contributed by atoms with Gasteiger partial charge < -0.3 is 14.8 Å². The van der Waals surface area contributed by atoms with Crippen LogP contribution in [-0.4, -0.2) is 5.97 Å². The number of rotatable bonds is 3. The third-order valence-corrected chi connectivity index (χ3v) is 10.6. The van der Waals surface area contributed by atoms with Crippen LogP contribution in [0.2, 0.25) is 0 Å². The Labute approximate surface area is 320 Å². The van der Waals surface area contributed by atoms with Gasteiger partial charge in [-0.3, -0.25) is 0 Å². The molecule has 0 radical (unpaired) electrons. The Hall–Kier alpha value is -5.77. The van der Waals surface area contributed by atoms with E-state index in [9.17, 15) is 31.1 Å². The maximum absolute atomic E-state index is 13.8. The van der Waals surface area contributed by atoms with Gasteiger partial charge >= 0.3 is 18.3 Å². The summed E-state index contributed by atoms with van der Waals surface area (Å²) in [7, 11) is 0. The van der Waals surface area contributed by atoms with Gasteiger partial charge in [0.05, 0.1) is 22.3 Å². The van der Waals surface area contributed by atoms with Crippen molar-refractivity contribution >= 4 is 28.1 Å². The predicted molar refractivity (Wildman–Crippen MR) is 205 cm³/mol. The van der Waals surface area contributed by atoms with Gasteiger partial charge in [-0.2, -0.15) is 26.3 Å². The largest absolute Gasteiger partial charge is 0.456 e. The van der Waals surface area contributed by atoms with Gasteiger partial charge in [0.15, 0.2) is 5.60 Å². The highest BCUT2D eigenvalue weighted by atomic mass is 19.4. The van der Waals surface area contributed by atoms with E-state index in [0.29, 0.717) is 56.7 Å². The first-order chi connectivity index (χ1) is 26.1. The maximum atomic E-state index is 13.8. The molecule has 1 spiro atoms. The van der Waals surface area contributed by atoms with Crippen LogP contribution in [-0.2, 0) is 33.5 Å². The van der Waals surface area contributed by atoms with Crippen LogP contribution in [0.3, 0.4) is 0 Å². The molecule has 1 atom stereocenters. The quantitative estimate of drug-likeness (QED) is 0.144. The number of alkyl halides is 6. The van der Waals surface area contributed by atoms with Gasteiger partial charge in [-0.1, -0.05) is 84.0 Å². The second kappa shape index (κ2) is 12.4. The van der Waals surface area contributed by atoms with Crippen molar-refractivity contribution in [3.63, 3.8) is 0 Å². The summed E-state index contributed by atoms with van der Waals surface area (Å²) in [5.41, 5.74) is 1.35. The first kappa shape index (κ1) is 37.2. The van der Waals surface area contributed by atoms with Crippen LogP contribution >= 0.6 is 0 Å². The van der Waals surface area contributed by atoms with Gasteiger partial charge in [0.25, 0.3) is 0 Å². The summed E-state index contributed by atoms with van der Waals surface area (Å²) in [4.78, 5) is 13.6. The van der Waals surface area contributed by atoms with Gasteiger partial charge in [-0.25, -0.2) is 4.79 Å². The van der Waals surface area contributed by atoms with Crippen molar-refractivity contribution in [2.75, 3.05) is 5.32 Å². The Balaban J connectivity index is 1.28. The Morgan fingerprint density at radius 3 is 1.80 bits per heavy atom. The van der Waals surface area contributed by atoms with Gasteiger partial charge in [-0.05, 0) is 105 Å². The van der Waals surface area contributed by atoms with E-state index >= 15 is 0 Å². The number of carbonyl (C=O) groups excluding carboxylic acids is 1. The van der Waals surface area contributed by atoms with E-state index in [1.807, 2.05) is 24.3 Å². The molecule has 4 nitrogen and oxygen atoms in total. The second-order valence-electron chi connectivity index (χ2n) is 16.5. The van der Waals surface area contributed by atoms with Crippen LogP contribution in [0.4, 0.5) is 37.7 Å². The highest BCUT2D eigenvalue weighted by molar-refractivity contribution is 6.00. The SMILES string of the molecule is CC(C)(C)c1cc(Nc2ccc3c(c2)Oc2ccc4cc(-c5cc(C(F)(F)F)cc(C(F)(F)F)c5)ccc4c2C32OC(=O)c3ccccc32)cc(C(C)(C)C)c1. The molecule has 2 aliphatic rings. The first-order valence-electron chi connectivity index (χ1n) is 18.1. The number of halogens is 6. The molecule has 6 aromatic rings. The number of nitrogens with one attached hydrogen (secondary N) is 1. The van der Waals surface area contributed by atoms with Crippen molar-refractivity contribution in [2.24, 2.45) is 0 Å². The molecule has 1 unspecified atom stereocenters. The summed E-state index contributed by atoms with van der Waals surface area (Å²) < 4.78 is 95.6. The van der Waals surface area contributed by atoms with Crippen molar-refractivity contribution in [1.82, 2.24) is 0 Å². The van der Waals surface area contributed by atoms with Crippen LogP contribution in [0.25, 0.3) is 21.9 Å². The van der Waals surface area contributed by atoms with E-state index in [2.05, 4.69) is 65.1 Å². The molecule has 10 heteroatoms. The zero-order valence-corrected chi connectivity index (χ0v) is 31.4. The number of benzene rings is 6. The third kappa shape index (κ3) is 6.25. The lowest BCUT2D eigenvalue weighted by Crippen LogP contribution is -2.33. The zero-order valence-electron chi connectivity index (χ0n) is 31.4. The minimum Gasteiger partial charge on any atom is -0.456 e. The fraction of sp³-hybridized carbons (Fsp3) is 0.239. The fourth-order valence-corrected chi connectivity index (χ4v) is 7.62. The number of fused-ring (bicyclic) bond motifs is 8. The monoisotopic (exact) mass is 765 g/mol. The number of hydrogen-bond acceptors (Lipinski definition) is 4. The molecule has 0 bridgehead atoms. The topological polar surface area (TPSA) is 47.6 Å². The summed E-state index contributed by atoms with van der Waals surface area (Å²) >= 11 is 0. The molecule has 56 heavy (non-hydrogen) atoms. The molecule has 0 aromatic heterocycles. The Bertz CT molecular complexity index is 2530. The lowest BCUT2D eigenvalue weighted by Gasteiger charge is -2.37. The molecule has 8 rings (SSSR count). The second-order valence-corrected chi connectivity index (χ2v) is 16.5. The Morgan fingerprint density at radius 2 is 1.18 bits per heavy atom. The molecule has 286 valence electrons. The lowest BCUT2D eigenvalue weighted by atomic mass is 9.75. The summed E-state index contributed by atoms with van der Waals surface area (Å²) in [5, 5.41) is 4.59. The molecule has 0 saturated heterocycles. The normalized spacial score (nSPS) is 16.6. The Morgan fingerprint density at radius 1 is 0.554 bits per heavy atom. The van der Waals surface area contributed by atoms with E-state index in [1.54, 1.807) is 36.4 Å². The van der Waals surface area contributed by atoms with E-state index in [4.69, 9.17) is 9.47 Å². The van der Waals surface area contributed by atoms with Crippen LogP contribution < -0.4 is 10.1 Å². The smallest absolute Gasteiger partial charge is 0.416 e. The van der Waals surface area contributed by atoms with E-state index in [-0.39, 0.29) is 28.0 Å². The van der Waals surface area contributed by atoms with Crippen molar-refractivity contribution in [1.29, 1.82) is 0 Å². The highest BCUT2D eigenvalue weighted by Gasteiger charge is 2.54. The average molecular weight is 766 g/mol. The van der Waals surface area contributed by atoms with Crippen LogP contribution in [0.1, 0.15) is 90.8 Å². The predicted octanol–water partition coefficient (Wildman–Crippen LogP) is 13.5. The molecule has 6 aromatic carbocycles. The molecule has 0 aliphatic carbocycles. The standard InChI is InChI=1S/C46H37F6NO3/c1-42(2,3)28-20-29(43(4,5)6)23-33(22-28)53-32-13-15-37-39(24-32)55-38-16-12-26-17-25(27-18-30(45(47,48)49)21-31(19-27)46(50,51)52)11-14-34(26)40(38)44(37)36-10-8-7-9-35(36)41(54)56-44/h7-24,53H,1-6H3. The lowest BCUT2D eigenvalue weighted by molar-refractivity contribution is -0.143. The molecular weight excluding hydrogens is 728 g/mol. The third-order valence-electron chi connectivity index (χ3n) is 10.6. The van der Waals surface area contributed by atoms with Crippen molar-refractivity contribution < 1.29 is 40.6 Å². The number of ether oxygens (including phenoxy) is 2. The van der Waals surface area contributed by atoms with E-state index < -0.39 is 35.0 Å². The zero-order chi connectivity index (χ0) is 40.2. The highest BCUT2D eigenvalue weighted by Crippen LogP contribution is 2.58.